The molecule has 0 aliphatic carbocycles. The van der Waals surface area contributed by atoms with Crippen LogP contribution in [0.2, 0.25) is 0 Å². The van der Waals surface area contributed by atoms with Crippen LogP contribution in [0.5, 0.6) is 0 Å². The van der Waals surface area contributed by atoms with Gasteiger partial charge in [0.25, 0.3) is 17.7 Å². The van der Waals surface area contributed by atoms with Crippen LogP contribution in [0.1, 0.15) is 166 Å². The van der Waals surface area contributed by atoms with Gasteiger partial charge >= 0.3 is 18.3 Å². The van der Waals surface area contributed by atoms with Crippen LogP contribution in [0.3, 0.4) is 0 Å². The van der Waals surface area contributed by atoms with E-state index in [4.69, 9.17) is 20.6 Å². The van der Waals surface area contributed by atoms with Crippen LogP contribution >= 0.6 is 15.9 Å². The summed E-state index contributed by atoms with van der Waals surface area (Å²) >= 11 is 3.42. The van der Waals surface area contributed by atoms with E-state index in [9.17, 15) is 72.9 Å². The maximum absolute atomic E-state index is 12.9. The lowest BCUT2D eigenvalue weighted by Gasteiger charge is -2.46. The number of likely N-dealkylation sites (tertiary alicyclic amines) is 3. The topological polar surface area (TPSA) is 349 Å². The maximum Gasteiger partial charge on any atom is 0.410 e. The Kier molecular flexibility index (Phi) is 20.6. The predicted octanol–water partition coefficient (Wildman–Crippen LogP) is 3.95. The third kappa shape index (κ3) is 17.0. The van der Waals surface area contributed by atoms with Crippen molar-refractivity contribution >= 4 is 87.4 Å². The zero-order valence-electron chi connectivity index (χ0n) is 55.6. The van der Waals surface area contributed by atoms with Crippen LogP contribution in [0, 0.1) is 24.2 Å². The number of nitrogens with zero attached hydrogens (tertiary/aromatic N) is 6. The lowest BCUT2D eigenvalue weighted by Crippen LogP contribution is -2.64. The summed E-state index contributed by atoms with van der Waals surface area (Å²) in [4.78, 5) is 153. The summed E-state index contributed by atoms with van der Waals surface area (Å²) in [7, 11) is 0. The molecule has 12 amide bonds. The summed E-state index contributed by atoms with van der Waals surface area (Å²) in [6, 6.07) is 14.1. The summed E-state index contributed by atoms with van der Waals surface area (Å²) < 4.78 is 16.6. The van der Waals surface area contributed by atoms with E-state index in [1.54, 1.807) is 105 Å². The molecule has 0 radical (unpaired) electrons. The molecule has 0 spiro atoms. The first kappa shape index (κ1) is 72.1. The van der Waals surface area contributed by atoms with Gasteiger partial charge in [0, 0.05) is 65.6 Å². The number of carbonyl (C=O) groups excluding carboxylic acids is 12. The Morgan fingerprint density at radius 2 is 0.887 bits per heavy atom. The Hall–Kier alpha value is -9.22. The molecule has 6 fully saturated rings. The molecule has 0 bridgehead atoms. The lowest BCUT2D eigenvalue weighted by atomic mass is 9.86. The van der Waals surface area contributed by atoms with Crippen molar-refractivity contribution in [2.45, 2.75) is 185 Å². The summed E-state index contributed by atoms with van der Waals surface area (Å²) in [5.74, 6) is 5.14. The Balaban J connectivity index is 0.000000159. The Bertz CT molecular complexity index is 3870. The summed E-state index contributed by atoms with van der Waals surface area (Å²) in [6.45, 7) is 17.8. The standard InChI is InChI=1S/C23H29N3O6.C23H25N3O6.C13H11BrN2O3.C10H15NO3/c2*1-22(2,3)32-21(30)25-12-23(31,13-25)10-9-14-5-4-6-15-16(14)11-26(20(15)29)17-7-8-18(27)24-19(17)28;14-9-3-1-2-7-8(9)6-16(13(7)19)10-4-5-11(17)15-12(10)18;1-5-10(13)6-11(7-10)8(12)14-9(2,3)4/h4-6,17,31H,7-13H2,1-3H3,(H,24,27,28);4-6,17,31H,7-8,11-13H2,1-3H3,(H,24,27,28);1-3,10H,4-6H2,(H,15,17,18);1,13H,6-7H2,2-4H3. The van der Waals surface area contributed by atoms with Gasteiger partial charge in [-0.1, -0.05) is 58.0 Å². The molecule has 6 N–H and O–H groups in total. The lowest BCUT2D eigenvalue weighted by molar-refractivity contribution is -0.138. The highest BCUT2D eigenvalue weighted by atomic mass is 79.9. The molecular formula is C69H80BrN9O18. The van der Waals surface area contributed by atoms with E-state index >= 15 is 0 Å². The number of rotatable bonds is 6. The van der Waals surface area contributed by atoms with E-state index < -0.39 is 81.8 Å². The van der Waals surface area contributed by atoms with E-state index in [0.717, 1.165) is 21.2 Å². The van der Waals surface area contributed by atoms with Gasteiger partial charge in [-0.3, -0.25) is 59.1 Å². The van der Waals surface area contributed by atoms with Crippen molar-refractivity contribution in [2.24, 2.45) is 0 Å². The third-order valence-corrected chi connectivity index (χ3v) is 17.8. The number of hydrogen-bond donors (Lipinski definition) is 6. The van der Waals surface area contributed by atoms with Crippen LogP contribution in [0.4, 0.5) is 14.4 Å². The average molecular weight is 1400 g/mol. The first-order valence-electron chi connectivity index (χ1n) is 31.8. The summed E-state index contributed by atoms with van der Waals surface area (Å²) in [6.07, 6.45) is 6.35. The number of halogens is 1. The molecule has 3 atom stereocenters. The van der Waals surface area contributed by atoms with Crippen molar-refractivity contribution in [3.05, 3.63) is 104 Å². The molecule has 0 aromatic heterocycles. The molecule has 12 rings (SSSR count). The van der Waals surface area contributed by atoms with Gasteiger partial charge in [0.15, 0.2) is 11.2 Å². The highest BCUT2D eigenvalue weighted by molar-refractivity contribution is 9.10. The molecule has 9 aliphatic rings. The monoisotopic (exact) mass is 1400 g/mol. The molecular weight excluding hydrogens is 1320 g/mol. The van der Waals surface area contributed by atoms with E-state index in [2.05, 4.69) is 49.6 Å². The molecule has 9 aliphatic heterocycles. The molecule has 3 unspecified atom stereocenters. The van der Waals surface area contributed by atoms with Crippen LogP contribution in [-0.2, 0) is 69.0 Å². The van der Waals surface area contributed by atoms with Crippen molar-refractivity contribution in [1.82, 2.24) is 45.3 Å². The van der Waals surface area contributed by atoms with E-state index in [0.29, 0.717) is 66.6 Å². The molecule has 97 heavy (non-hydrogen) atoms. The molecule has 9 heterocycles. The second-order valence-electron chi connectivity index (χ2n) is 28.4. The van der Waals surface area contributed by atoms with Gasteiger partial charge in [-0.15, -0.1) is 6.42 Å². The van der Waals surface area contributed by atoms with E-state index in [-0.39, 0.29) is 113 Å². The van der Waals surface area contributed by atoms with Crippen molar-refractivity contribution in [3.8, 4) is 24.2 Å². The van der Waals surface area contributed by atoms with Gasteiger partial charge in [-0.05, 0) is 147 Å². The van der Waals surface area contributed by atoms with Gasteiger partial charge in [-0.2, -0.15) is 0 Å². The van der Waals surface area contributed by atoms with Crippen LogP contribution in [-0.4, -0.2) is 207 Å². The minimum absolute atomic E-state index is 0.0330. The van der Waals surface area contributed by atoms with E-state index in [1.165, 1.54) is 29.4 Å². The van der Waals surface area contributed by atoms with Crippen molar-refractivity contribution in [2.75, 3.05) is 39.3 Å². The van der Waals surface area contributed by atoms with Crippen LogP contribution < -0.4 is 16.0 Å². The predicted molar refractivity (Wildman–Crippen MR) is 347 cm³/mol. The molecule has 3 aromatic carbocycles. The minimum Gasteiger partial charge on any atom is -0.444 e. The number of amides is 12. The number of nitrogens with one attached hydrogen (secondary N) is 3. The van der Waals surface area contributed by atoms with Gasteiger partial charge < -0.3 is 58.9 Å². The SMILES string of the molecule is C#CC1(O)CN(C(=O)OC(C)(C)C)C1.CC(C)(C)OC(=O)N1CC(O)(C#Cc2cccc3c2CN(C2CCC(=O)NC2=O)C3=O)C1.CC(C)(C)OC(=O)N1CC(O)(CCc2cccc3c2CN(C2CCC(=O)NC2=O)C3=O)C1.O=C1CCC(N2Cc3c(Br)cccc3C2=O)C(=O)N1. The number of carbonyl (C=O) groups is 12. The number of β-amino-alcohol motifs (C(OH)–C–C–N with tert-alkyl or cyclic N) is 3. The van der Waals surface area contributed by atoms with Crippen LogP contribution in [0.25, 0.3) is 0 Å². The maximum atomic E-state index is 12.9. The average Bonchev–Trinajstić information content (AvgIpc) is 1.73. The molecule has 516 valence electrons. The molecule has 6 saturated heterocycles. The van der Waals surface area contributed by atoms with E-state index in [1.807, 2.05) is 12.1 Å². The molecule has 3 aromatic rings. The third-order valence-electron chi connectivity index (χ3n) is 17.1. The fourth-order valence-corrected chi connectivity index (χ4v) is 12.7. The quantitative estimate of drug-likeness (QED) is 0.116. The molecule has 27 nitrogen and oxygen atoms in total. The first-order valence-corrected chi connectivity index (χ1v) is 32.6. The van der Waals surface area contributed by atoms with Gasteiger partial charge in [0.05, 0.1) is 39.3 Å². The number of terminal acetylenes is 1. The highest BCUT2D eigenvalue weighted by Crippen LogP contribution is 2.36. The van der Waals surface area contributed by atoms with Gasteiger partial charge in [-0.25, -0.2) is 14.4 Å². The van der Waals surface area contributed by atoms with Gasteiger partial charge in [0.1, 0.15) is 40.5 Å². The number of imide groups is 3. The fraction of sp³-hybridized carbons (Fsp3) is 0.507. The Morgan fingerprint density at radius 3 is 1.29 bits per heavy atom. The summed E-state index contributed by atoms with van der Waals surface area (Å²) in [5.41, 5.74) is 0.366. The van der Waals surface area contributed by atoms with Crippen LogP contribution in [0.15, 0.2) is 59.1 Å². The second kappa shape index (κ2) is 27.7. The largest absolute Gasteiger partial charge is 0.444 e. The normalized spacial score (nSPS) is 21.8. The second-order valence-corrected chi connectivity index (χ2v) is 29.3. The zero-order valence-corrected chi connectivity index (χ0v) is 57.1. The van der Waals surface area contributed by atoms with Crippen molar-refractivity contribution in [1.29, 1.82) is 0 Å². The molecule has 28 heteroatoms. The number of piperidine rings is 3. The fourth-order valence-electron chi connectivity index (χ4n) is 12.2. The first-order chi connectivity index (χ1) is 45.2. The van der Waals surface area contributed by atoms with Crippen molar-refractivity contribution < 1.29 is 87.1 Å². The Labute approximate surface area is 569 Å². The number of ether oxygens (including phenoxy) is 3. The number of hydrogen-bond acceptors (Lipinski definition) is 18. The minimum atomic E-state index is -1.36. The number of benzene rings is 3. The number of aliphatic hydroxyl groups is 3. The Morgan fingerprint density at radius 1 is 0.526 bits per heavy atom. The van der Waals surface area contributed by atoms with Crippen molar-refractivity contribution in [3.63, 3.8) is 0 Å². The number of aryl methyl sites for hydroxylation is 1. The molecule has 0 saturated carbocycles. The number of fused-ring (bicyclic) bond motifs is 3. The summed E-state index contributed by atoms with van der Waals surface area (Å²) in [5, 5.41) is 37.7. The smallest absolute Gasteiger partial charge is 0.410 e. The zero-order chi connectivity index (χ0) is 71.1. The highest BCUT2D eigenvalue weighted by Gasteiger charge is 2.49. The van der Waals surface area contributed by atoms with Gasteiger partial charge in [0.2, 0.25) is 35.4 Å².